The highest BCUT2D eigenvalue weighted by Gasteiger charge is 2.48. The van der Waals surface area contributed by atoms with E-state index in [1.165, 1.54) is 64.2 Å². The number of amides is 1. The van der Waals surface area contributed by atoms with E-state index in [0.29, 0.717) is 17.9 Å². The molecule has 1 heterocycles. The Kier molecular flexibility index (Phi) is 7.45. The third kappa shape index (κ3) is 4.90. The number of nitrogens with zero attached hydrogens (tertiary/aromatic N) is 1. The van der Waals surface area contributed by atoms with Gasteiger partial charge >= 0.3 is 0 Å². The first-order valence-corrected chi connectivity index (χ1v) is 14.1. The van der Waals surface area contributed by atoms with Gasteiger partial charge in [-0.25, -0.2) is 0 Å². The summed E-state index contributed by atoms with van der Waals surface area (Å²) < 4.78 is 0. The van der Waals surface area contributed by atoms with Crippen LogP contribution in [0.15, 0.2) is 0 Å². The lowest BCUT2D eigenvalue weighted by molar-refractivity contribution is -0.127. The first-order valence-electron chi connectivity index (χ1n) is 14.1. The minimum Gasteiger partial charge on any atom is -0.393 e. The van der Waals surface area contributed by atoms with E-state index in [1.807, 2.05) is 0 Å². The molecule has 1 saturated heterocycles. The van der Waals surface area contributed by atoms with Gasteiger partial charge in [-0.15, -0.1) is 0 Å². The van der Waals surface area contributed by atoms with E-state index in [4.69, 9.17) is 5.73 Å². The van der Waals surface area contributed by atoms with Gasteiger partial charge in [-0.2, -0.15) is 0 Å². The lowest BCUT2D eigenvalue weighted by atomic mass is 9.65. The number of hydrogen-bond donors (Lipinski definition) is 3. The Morgan fingerprint density at radius 3 is 2.47 bits per heavy atom. The van der Waals surface area contributed by atoms with Crippen molar-refractivity contribution in [1.29, 1.82) is 0 Å². The van der Waals surface area contributed by atoms with Crippen molar-refractivity contribution < 1.29 is 9.90 Å². The number of aliphatic hydroxyl groups is 1. The molecule has 1 amide bonds. The van der Waals surface area contributed by atoms with Gasteiger partial charge in [0.2, 0.25) is 5.91 Å². The fourth-order valence-electron chi connectivity index (χ4n) is 8.45. The summed E-state index contributed by atoms with van der Waals surface area (Å²) in [5.41, 5.74) is 6.11. The van der Waals surface area contributed by atoms with Crippen molar-refractivity contribution in [3.05, 3.63) is 0 Å². The number of aliphatic hydroxyl groups excluding tert-OH is 1. The Balaban J connectivity index is 1.30. The Labute approximate surface area is 195 Å². The van der Waals surface area contributed by atoms with Crippen molar-refractivity contribution in [3.8, 4) is 0 Å². The Morgan fingerprint density at radius 2 is 1.66 bits per heavy atom. The normalized spacial score (nSPS) is 45.1. The molecule has 0 bridgehead atoms. The van der Waals surface area contributed by atoms with Crippen molar-refractivity contribution >= 4 is 5.91 Å². The minimum absolute atomic E-state index is 0.0531. The molecule has 4 saturated carbocycles. The molecule has 0 radical (unpaired) electrons. The molecule has 0 aromatic rings. The highest BCUT2D eigenvalue weighted by atomic mass is 16.3. The van der Waals surface area contributed by atoms with E-state index in [1.54, 1.807) is 0 Å². The zero-order valence-corrected chi connectivity index (χ0v) is 20.1. The van der Waals surface area contributed by atoms with Crippen LogP contribution in [-0.2, 0) is 4.79 Å². The maximum atomic E-state index is 13.6. The first kappa shape index (κ1) is 23.1. The number of rotatable bonds is 5. The highest BCUT2D eigenvalue weighted by Crippen LogP contribution is 2.47. The van der Waals surface area contributed by atoms with E-state index >= 15 is 0 Å². The molecule has 5 aliphatic rings. The highest BCUT2D eigenvalue weighted by molar-refractivity contribution is 5.82. The molecule has 5 heteroatoms. The summed E-state index contributed by atoms with van der Waals surface area (Å²) in [5.74, 6) is 4.22. The average molecular weight is 446 g/mol. The maximum Gasteiger partial charge on any atom is 0.237 e. The second-order valence-electron chi connectivity index (χ2n) is 12.1. The monoisotopic (exact) mass is 445 g/mol. The second-order valence-corrected chi connectivity index (χ2v) is 12.1. The van der Waals surface area contributed by atoms with E-state index < -0.39 is 0 Å². The molecule has 7 atom stereocenters. The molecule has 5 fully saturated rings. The molecule has 0 spiro atoms. The minimum atomic E-state index is -0.170. The molecule has 4 aliphatic carbocycles. The lowest BCUT2D eigenvalue weighted by Crippen LogP contribution is -2.52. The topological polar surface area (TPSA) is 78.6 Å². The first-order chi connectivity index (χ1) is 15.6. The fourth-order valence-corrected chi connectivity index (χ4v) is 8.45. The van der Waals surface area contributed by atoms with Crippen LogP contribution >= 0.6 is 0 Å². The number of hydrogen-bond acceptors (Lipinski definition) is 4. The molecule has 4 N–H and O–H groups in total. The fraction of sp³-hybridized carbons (Fsp3) is 0.963. The molecular weight excluding hydrogens is 398 g/mol. The van der Waals surface area contributed by atoms with Crippen molar-refractivity contribution in [2.75, 3.05) is 13.1 Å². The summed E-state index contributed by atoms with van der Waals surface area (Å²) in [4.78, 5) is 16.3. The summed E-state index contributed by atoms with van der Waals surface area (Å²) >= 11 is 0. The molecule has 7 unspecified atom stereocenters. The summed E-state index contributed by atoms with van der Waals surface area (Å²) in [5, 5.41) is 13.3. The predicted molar refractivity (Wildman–Crippen MR) is 128 cm³/mol. The third-order valence-electron chi connectivity index (χ3n) is 10.3. The average Bonchev–Trinajstić information content (AvgIpc) is 3.18. The SMILES string of the molecule is NCC1CCC2CC(C(=O)NC3CCC(O)CC3)N(CC3CCCC4CCCCC43)C2C1. The Morgan fingerprint density at radius 1 is 0.875 bits per heavy atom. The van der Waals surface area contributed by atoms with Crippen molar-refractivity contribution in [3.63, 3.8) is 0 Å². The molecule has 0 aromatic heterocycles. The van der Waals surface area contributed by atoms with Crippen LogP contribution in [0.2, 0.25) is 0 Å². The van der Waals surface area contributed by atoms with Gasteiger partial charge in [0.1, 0.15) is 0 Å². The van der Waals surface area contributed by atoms with Crippen LogP contribution in [0.5, 0.6) is 0 Å². The Bertz CT molecular complexity index is 632. The van der Waals surface area contributed by atoms with Crippen LogP contribution in [0.4, 0.5) is 0 Å². The molecule has 1 aliphatic heterocycles. The zero-order chi connectivity index (χ0) is 22.1. The van der Waals surface area contributed by atoms with Gasteiger partial charge in [0.25, 0.3) is 0 Å². The van der Waals surface area contributed by atoms with Crippen molar-refractivity contribution in [1.82, 2.24) is 10.2 Å². The van der Waals surface area contributed by atoms with Gasteiger partial charge in [-0.1, -0.05) is 32.1 Å². The predicted octanol–water partition coefficient (Wildman–Crippen LogP) is 3.83. The summed E-state index contributed by atoms with van der Waals surface area (Å²) in [6.07, 6.45) is 18.0. The van der Waals surface area contributed by atoms with Crippen molar-refractivity contribution in [2.45, 2.75) is 121 Å². The van der Waals surface area contributed by atoms with Gasteiger partial charge in [0.05, 0.1) is 12.1 Å². The van der Waals surface area contributed by atoms with Crippen LogP contribution < -0.4 is 11.1 Å². The van der Waals surface area contributed by atoms with Gasteiger partial charge in [-0.3, -0.25) is 9.69 Å². The molecule has 0 aromatic carbocycles. The number of carbonyl (C=O) groups is 1. The number of likely N-dealkylation sites (tertiary alicyclic amines) is 1. The van der Waals surface area contributed by atoms with Crippen LogP contribution in [0, 0.1) is 29.6 Å². The van der Waals surface area contributed by atoms with Crippen molar-refractivity contribution in [2.24, 2.45) is 35.3 Å². The van der Waals surface area contributed by atoms with E-state index in [2.05, 4.69) is 10.2 Å². The zero-order valence-electron chi connectivity index (χ0n) is 20.1. The van der Waals surface area contributed by atoms with E-state index in [-0.39, 0.29) is 24.1 Å². The number of carbonyl (C=O) groups excluding carboxylic acids is 1. The largest absolute Gasteiger partial charge is 0.393 e. The van der Waals surface area contributed by atoms with Crippen LogP contribution in [0.1, 0.15) is 96.3 Å². The molecular formula is C27H47N3O2. The summed E-state index contributed by atoms with van der Waals surface area (Å²) in [6.45, 7) is 1.94. The summed E-state index contributed by atoms with van der Waals surface area (Å²) in [7, 11) is 0. The van der Waals surface area contributed by atoms with Gasteiger partial charge in [0, 0.05) is 18.6 Å². The molecule has 5 rings (SSSR count). The van der Waals surface area contributed by atoms with E-state index in [9.17, 15) is 9.90 Å². The van der Waals surface area contributed by atoms with Crippen LogP contribution in [0.3, 0.4) is 0 Å². The maximum absolute atomic E-state index is 13.6. The lowest BCUT2D eigenvalue weighted by Gasteiger charge is -2.45. The number of fused-ring (bicyclic) bond motifs is 2. The number of nitrogens with two attached hydrogens (primary N) is 1. The van der Waals surface area contributed by atoms with Crippen LogP contribution in [-0.4, -0.2) is 53.2 Å². The van der Waals surface area contributed by atoms with E-state index in [0.717, 1.165) is 62.9 Å². The number of nitrogens with one attached hydrogen (secondary N) is 1. The molecule has 32 heavy (non-hydrogen) atoms. The molecule has 5 nitrogen and oxygen atoms in total. The van der Waals surface area contributed by atoms with Gasteiger partial charge in [-0.05, 0) is 100 Å². The van der Waals surface area contributed by atoms with Gasteiger partial charge in [0.15, 0.2) is 0 Å². The Hall–Kier alpha value is -0.650. The smallest absolute Gasteiger partial charge is 0.237 e. The molecule has 182 valence electrons. The quantitative estimate of drug-likeness (QED) is 0.601. The summed E-state index contributed by atoms with van der Waals surface area (Å²) in [6, 6.07) is 0.868. The second kappa shape index (κ2) is 10.3. The third-order valence-corrected chi connectivity index (χ3v) is 10.3. The van der Waals surface area contributed by atoms with Gasteiger partial charge < -0.3 is 16.2 Å². The standard InChI is InChI=1S/C27H47N3O2/c28-16-18-8-9-20-15-26(27(32)29-22-10-12-23(31)13-11-22)30(25(20)14-18)17-21-6-3-5-19-4-1-2-7-24(19)21/h18-26,31H,1-17,28H2,(H,29,32). The van der Waals surface area contributed by atoms with Crippen LogP contribution in [0.25, 0.3) is 0 Å².